The summed E-state index contributed by atoms with van der Waals surface area (Å²) in [7, 11) is 0. The topological polar surface area (TPSA) is 84.7 Å². The molecule has 4 heterocycles. The van der Waals surface area contributed by atoms with E-state index in [4.69, 9.17) is 19.4 Å². The smallest absolute Gasteiger partial charge is 0.260 e. The average molecular weight is 447 g/mol. The predicted molar refractivity (Wildman–Crippen MR) is 124 cm³/mol. The number of rotatable bonds is 5. The van der Waals surface area contributed by atoms with Crippen LogP contribution >= 0.6 is 23.1 Å². The van der Waals surface area contributed by atoms with Crippen LogP contribution in [0.15, 0.2) is 62.3 Å². The Bertz CT molecular complexity index is 1470. The lowest BCUT2D eigenvalue weighted by molar-refractivity contribution is 0.583. The quantitative estimate of drug-likeness (QED) is 0.266. The molecular weight excluding hydrogens is 428 g/mol. The van der Waals surface area contributed by atoms with E-state index in [1.54, 1.807) is 18.0 Å². The summed E-state index contributed by atoms with van der Waals surface area (Å²) in [6.07, 6.45) is 3.91. The number of thiophene rings is 1. The molecule has 0 spiro atoms. The second kappa shape index (κ2) is 7.32. The number of thioether (sulfide) groups is 1. The molecule has 1 aliphatic rings. The Morgan fingerprint density at radius 1 is 1.16 bits per heavy atom. The van der Waals surface area contributed by atoms with Gasteiger partial charge in [0, 0.05) is 22.2 Å². The molecule has 0 saturated heterocycles. The monoisotopic (exact) mass is 446 g/mol. The van der Waals surface area contributed by atoms with Crippen molar-refractivity contribution in [2.75, 3.05) is 0 Å². The number of hydrogen-bond donors (Lipinski definition) is 1. The molecule has 154 valence electrons. The second-order valence-corrected chi connectivity index (χ2v) is 9.88. The fraction of sp³-hybridized carbons (Fsp3) is 0.217. The van der Waals surface area contributed by atoms with E-state index in [-0.39, 0.29) is 10.8 Å². The maximum atomic E-state index is 12.9. The molecule has 1 saturated carbocycles. The third kappa shape index (κ3) is 3.36. The Morgan fingerprint density at radius 2 is 2.03 bits per heavy atom. The van der Waals surface area contributed by atoms with Crippen molar-refractivity contribution in [1.82, 2.24) is 19.9 Å². The van der Waals surface area contributed by atoms with Gasteiger partial charge in [-0.2, -0.15) is 0 Å². The molecule has 31 heavy (non-hydrogen) atoms. The van der Waals surface area contributed by atoms with E-state index in [0.717, 1.165) is 40.2 Å². The second-order valence-electron chi connectivity index (χ2n) is 7.70. The number of benzene rings is 1. The maximum Gasteiger partial charge on any atom is 0.260 e. The molecule has 1 aliphatic carbocycles. The van der Waals surface area contributed by atoms with Crippen molar-refractivity contribution in [1.29, 1.82) is 0 Å². The molecule has 1 atom stereocenters. The van der Waals surface area contributed by atoms with Crippen LogP contribution in [0.25, 0.3) is 32.4 Å². The van der Waals surface area contributed by atoms with E-state index in [1.165, 1.54) is 11.3 Å². The summed E-state index contributed by atoms with van der Waals surface area (Å²) in [5.41, 5.74) is 1.60. The van der Waals surface area contributed by atoms with E-state index in [9.17, 15) is 4.79 Å². The first kappa shape index (κ1) is 18.8. The molecule has 8 heteroatoms. The molecule has 1 fully saturated rings. The molecule has 0 amide bonds. The molecule has 1 unspecified atom stereocenters. The molecule has 6 rings (SSSR count). The first-order valence-corrected chi connectivity index (χ1v) is 11.9. The number of nitrogens with zero attached hydrogens (tertiary/aromatic N) is 3. The number of nitrogens with one attached hydrogen (secondary N) is 1. The standard InChI is InChI=1S/C23H18N4O2S2/c1-12(31-22-14-5-2-3-6-16(14)24-20(27-22)13-8-9-13)19-25-21(28)18-15(11-30-23(18)26-19)17-7-4-10-29-17/h2-7,10-13H,8-9H2,1H3,(H,25,26,28). The summed E-state index contributed by atoms with van der Waals surface area (Å²) in [5.74, 6) is 2.71. The number of aromatic nitrogens is 4. The van der Waals surface area contributed by atoms with Crippen LogP contribution in [0, 0.1) is 0 Å². The number of fused-ring (bicyclic) bond motifs is 2. The lowest BCUT2D eigenvalue weighted by Gasteiger charge is -2.13. The Labute approximate surface area is 185 Å². The third-order valence-electron chi connectivity index (χ3n) is 5.45. The van der Waals surface area contributed by atoms with Crippen molar-refractivity contribution in [3.63, 3.8) is 0 Å². The van der Waals surface area contributed by atoms with Crippen LogP contribution in [0.1, 0.15) is 42.6 Å². The fourth-order valence-electron chi connectivity index (χ4n) is 3.67. The fourth-order valence-corrected chi connectivity index (χ4v) is 5.61. The van der Waals surface area contributed by atoms with Crippen molar-refractivity contribution >= 4 is 44.2 Å². The summed E-state index contributed by atoms with van der Waals surface area (Å²) < 4.78 is 5.48. The van der Waals surface area contributed by atoms with Gasteiger partial charge >= 0.3 is 0 Å². The van der Waals surface area contributed by atoms with Crippen LogP contribution in [-0.4, -0.2) is 19.9 Å². The Morgan fingerprint density at radius 3 is 2.84 bits per heavy atom. The SMILES string of the molecule is CC(Sc1nc(C2CC2)nc2ccccc12)c1nc2scc(-c3ccco3)c2c(=O)[nH]1. The summed E-state index contributed by atoms with van der Waals surface area (Å²) in [6, 6.07) is 11.8. The Hall–Kier alpha value is -2.97. The molecule has 0 aliphatic heterocycles. The van der Waals surface area contributed by atoms with E-state index < -0.39 is 0 Å². The van der Waals surface area contributed by atoms with Crippen LogP contribution < -0.4 is 5.56 Å². The first-order chi connectivity index (χ1) is 15.2. The highest BCUT2D eigenvalue weighted by Gasteiger charge is 2.28. The molecule has 0 radical (unpaired) electrons. The predicted octanol–water partition coefficient (Wildman–Crippen LogP) is 5.92. The van der Waals surface area contributed by atoms with Gasteiger partial charge < -0.3 is 9.40 Å². The Kier molecular flexibility index (Phi) is 4.43. The minimum atomic E-state index is -0.147. The summed E-state index contributed by atoms with van der Waals surface area (Å²) >= 11 is 3.07. The number of furan rings is 1. The van der Waals surface area contributed by atoms with E-state index in [0.29, 0.717) is 27.7 Å². The summed E-state index contributed by atoms with van der Waals surface area (Å²) in [5, 5.41) is 4.39. The van der Waals surface area contributed by atoms with Crippen molar-refractivity contribution in [3.05, 3.63) is 70.0 Å². The van der Waals surface area contributed by atoms with Gasteiger partial charge in [-0.3, -0.25) is 4.79 Å². The molecule has 6 nitrogen and oxygen atoms in total. The van der Waals surface area contributed by atoms with E-state index in [2.05, 4.69) is 11.1 Å². The average Bonchev–Trinajstić information content (AvgIpc) is 3.31. The Balaban J connectivity index is 1.39. The van der Waals surface area contributed by atoms with Crippen molar-refractivity contribution in [3.8, 4) is 11.3 Å². The minimum absolute atomic E-state index is 0.0726. The lowest BCUT2D eigenvalue weighted by Crippen LogP contribution is -2.12. The molecule has 4 aromatic heterocycles. The summed E-state index contributed by atoms with van der Waals surface area (Å²) in [4.78, 5) is 31.0. The van der Waals surface area contributed by atoms with Crippen LogP contribution in [-0.2, 0) is 0 Å². The van der Waals surface area contributed by atoms with E-state index >= 15 is 0 Å². The van der Waals surface area contributed by atoms with Crippen LogP contribution in [0.2, 0.25) is 0 Å². The van der Waals surface area contributed by atoms with E-state index in [1.807, 2.05) is 42.6 Å². The number of H-pyrrole nitrogens is 1. The van der Waals surface area contributed by atoms with Gasteiger partial charge in [-0.05, 0) is 38.0 Å². The van der Waals surface area contributed by atoms with Gasteiger partial charge in [-0.15, -0.1) is 11.3 Å². The zero-order valence-electron chi connectivity index (χ0n) is 16.7. The van der Waals surface area contributed by atoms with Crippen LogP contribution in [0.5, 0.6) is 0 Å². The lowest BCUT2D eigenvalue weighted by atomic mass is 10.2. The molecular formula is C23H18N4O2S2. The van der Waals surface area contributed by atoms with Gasteiger partial charge in [0.1, 0.15) is 27.3 Å². The number of para-hydroxylation sites is 1. The summed E-state index contributed by atoms with van der Waals surface area (Å²) in [6.45, 7) is 2.05. The van der Waals surface area contributed by atoms with Crippen molar-refractivity contribution in [2.45, 2.75) is 36.0 Å². The largest absolute Gasteiger partial charge is 0.464 e. The van der Waals surface area contributed by atoms with Crippen LogP contribution in [0.3, 0.4) is 0 Å². The highest BCUT2D eigenvalue weighted by Crippen LogP contribution is 2.42. The molecule has 5 aromatic rings. The van der Waals surface area contributed by atoms with Crippen LogP contribution in [0.4, 0.5) is 0 Å². The highest BCUT2D eigenvalue weighted by atomic mass is 32.2. The number of aromatic amines is 1. The minimum Gasteiger partial charge on any atom is -0.464 e. The third-order valence-corrected chi connectivity index (χ3v) is 7.43. The van der Waals surface area contributed by atoms with Crippen molar-refractivity contribution in [2.24, 2.45) is 0 Å². The van der Waals surface area contributed by atoms with Gasteiger partial charge in [0.05, 0.1) is 22.4 Å². The van der Waals surface area contributed by atoms with Gasteiger partial charge in [0.2, 0.25) is 0 Å². The molecule has 1 N–H and O–H groups in total. The van der Waals surface area contributed by atoms with Crippen molar-refractivity contribution < 1.29 is 4.42 Å². The van der Waals surface area contributed by atoms with Gasteiger partial charge in [-0.25, -0.2) is 15.0 Å². The highest BCUT2D eigenvalue weighted by molar-refractivity contribution is 7.99. The normalized spacial score (nSPS) is 15.0. The zero-order chi connectivity index (χ0) is 20.9. The van der Waals surface area contributed by atoms with Gasteiger partial charge in [0.25, 0.3) is 5.56 Å². The van der Waals surface area contributed by atoms with Gasteiger partial charge in [0.15, 0.2) is 0 Å². The maximum absolute atomic E-state index is 12.9. The van der Waals surface area contributed by atoms with Gasteiger partial charge in [-0.1, -0.05) is 30.0 Å². The molecule has 1 aromatic carbocycles. The first-order valence-electron chi connectivity index (χ1n) is 10.2. The zero-order valence-corrected chi connectivity index (χ0v) is 18.3. The molecule has 0 bridgehead atoms. The number of hydrogen-bond acceptors (Lipinski definition) is 7.